The highest BCUT2D eigenvalue weighted by Crippen LogP contribution is 2.23. The number of thioether (sulfide) groups is 1. The summed E-state index contributed by atoms with van der Waals surface area (Å²) in [6.45, 7) is 1.97. The number of nitrogens with zero attached hydrogens (tertiary/aromatic N) is 3. The summed E-state index contributed by atoms with van der Waals surface area (Å²) in [6.07, 6.45) is 5.42. The number of aryl methyl sites for hydroxylation is 1. The molecular weight excluding hydrogens is 318 g/mol. The molecule has 2 aromatic carbocycles. The lowest BCUT2D eigenvalue weighted by atomic mass is 10.1. The van der Waals surface area contributed by atoms with Crippen LogP contribution in [0.5, 0.6) is 0 Å². The fraction of sp³-hybridized carbons (Fsp3) is 0.105. The number of pyridine rings is 1. The molecule has 4 aromatic rings. The first-order valence-corrected chi connectivity index (χ1v) is 8.82. The lowest BCUT2D eigenvalue weighted by molar-refractivity contribution is 0.962. The van der Waals surface area contributed by atoms with E-state index in [1.807, 2.05) is 61.8 Å². The fourth-order valence-electron chi connectivity index (χ4n) is 2.96. The van der Waals surface area contributed by atoms with E-state index >= 15 is 0 Å². The van der Waals surface area contributed by atoms with Crippen LogP contribution < -0.4 is 5.56 Å². The third-order valence-corrected chi connectivity index (χ3v) is 4.68. The second-order valence-electron chi connectivity index (χ2n) is 5.60. The molecule has 0 atom stereocenters. The average Bonchev–Trinajstić information content (AvgIpc) is 2.64. The third kappa shape index (κ3) is 2.29. The number of fused-ring (bicyclic) bond motifs is 2. The quantitative estimate of drug-likeness (QED) is 0.411. The van der Waals surface area contributed by atoms with Crippen LogP contribution in [-0.4, -0.2) is 20.8 Å². The molecule has 4 nitrogen and oxygen atoms in total. The van der Waals surface area contributed by atoms with E-state index in [9.17, 15) is 4.79 Å². The maximum atomic E-state index is 13.0. The van der Waals surface area contributed by atoms with Crippen LogP contribution in [0.4, 0.5) is 0 Å². The van der Waals surface area contributed by atoms with Gasteiger partial charge in [-0.15, -0.1) is 0 Å². The molecule has 0 bridgehead atoms. The molecule has 0 spiro atoms. The first-order chi connectivity index (χ1) is 11.7. The fourth-order valence-corrected chi connectivity index (χ4v) is 3.30. The molecule has 0 radical (unpaired) electrons. The summed E-state index contributed by atoms with van der Waals surface area (Å²) in [5.41, 5.74) is 2.45. The van der Waals surface area contributed by atoms with Gasteiger partial charge >= 0.3 is 0 Å². The monoisotopic (exact) mass is 333 g/mol. The van der Waals surface area contributed by atoms with Crippen LogP contribution in [0.15, 0.2) is 64.8 Å². The van der Waals surface area contributed by atoms with Gasteiger partial charge in [-0.2, -0.15) is 0 Å². The summed E-state index contributed by atoms with van der Waals surface area (Å²) in [5.74, 6) is 0. The Kier molecular flexibility index (Phi) is 3.58. The van der Waals surface area contributed by atoms with Crippen LogP contribution in [0, 0.1) is 6.92 Å². The molecule has 2 aromatic heterocycles. The Hall–Kier alpha value is -2.66. The lowest BCUT2D eigenvalue weighted by Crippen LogP contribution is -2.19. The Morgan fingerprint density at radius 3 is 2.67 bits per heavy atom. The molecule has 0 N–H and O–H groups in total. The van der Waals surface area contributed by atoms with Crippen LogP contribution in [0.1, 0.15) is 5.56 Å². The topological polar surface area (TPSA) is 47.8 Å². The van der Waals surface area contributed by atoms with E-state index in [0.717, 1.165) is 27.5 Å². The van der Waals surface area contributed by atoms with Gasteiger partial charge in [0.1, 0.15) is 0 Å². The van der Waals surface area contributed by atoms with E-state index in [1.54, 1.807) is 10.8 Å². The van der Waals surface area contributed by atoms with Crippen molar-refractivity contribution in [3.8, 4) is 5.69 Å². The normalized spacial score (nSPS) is 11.2. The summed E-state index contributed by atoms with van der Waals surface area (Å²) >= 11 is 1.47. The number of hydrogen-bond acceptors (Lipinski definition) is 4. The van der Waals surface area contributed by atoms with Crippen molar-refractivity contribution < 1.29 is 0 Å². The van der Waals surface area contributed by atoms with Crippen molar-refractivity contribution in [3.05, 3.63) is 70.8 Å². The van der Waals surface area contributed by atoms with Gasteiger partial charge in [0.05, 0.1) is 16.6 Å². The van der Waals surface area contributed by atoms with Crippen LogP contribution in [0.25, 0.3) is 27.4 Å². The third-order valence-electron chi connectivity index (χ3n) is 4.12. The average molecular weight is 333 g/mol. The second-order valence-corrected chi connectivity index (χ2v) is 6.38. The van der Waals surface area contributed by atoms with Crippen molar-refractivity contribution in [1.29, 1.82) is 0 Å². The van der Waals surface area contributed by atoms with Gasteiger partial charge in [-0.25, -0.2) is 9.97 Å². The number of aromatic nitrogens is 3. The molecule has 24 heavy (non-hydrogen) atoms. The van der Waals surface area contributed by atoms with Crippen molar-refractivity contribution in [2.75, 3.05) is 6.26 Å². The molecule has 0 saturated carbocycles. The zero-order chi connectivity index (χ0) is 16.7. The maximum Gasteiger partial charge on any atom is 0.266 e. The number of benzene rings is 2. The van der Waals surface area contributed by atoms with Crippen molar-refractivity contribution >= 4 is 33.4 Å². The zero-order valence-electron chi connectivity index (χ0n) is 13.4. The second kappa shape index (κ2) is 5.76. The van der Waals surface area contributed by atoms with Crippen LogP contribution in [0.2, 0.25) is 0 Å². The summed E-state index contributed by atoms with van der Waals surface area (Å²) in [6, 6.07) is 14.0. The smallest absolute Gasteiger partial charge is 0.266 e. The van der Waals surface area contributed by atoms with E-state index in [-0.39, 0.29) is 5.56 Å². The molecule has 0 unspecified atom stereocenters. The molecule has 0 aliphatic heterocycles. The molecule has 0 fully saturated rings. The van der Waals surface area contributed by atoms with Gasteiger partial charge in [-0.1, -0.05) is 48.2 Å². The Labute approximate surface area is 143 Å². The Bertz CT molecular complexity index is 1130. The lowest BCUT2D eigenvalue weighted by Gasteiger charge is -2.12. The van der Waals surface area contributed by atoms with E-state index < -0.39 is 0 Å². The number of hydrogen-bond donors (Lipinski definition) is 0. The largest absolute Gasteiger partial charge is 0.283 e. The molecule has 4 rings (SSSR count). The molecule has 2 heterocycles. The number of rotatable bonds is 2. The van der Waals surface area contributed by atoms with Gasteiger partial charge in [0, 0.05) is 17.8 Å². The molecule has 0 saturated heterocycles. The highest BCUT2D eigenvalue weighted by Gasteiger charge is 2.12. The SMILES string of the molecule is CSc1ncc2c(=O)n(-c3cccc4ccccc34)cc(C)c2n1. The van der Waals surface area contributed by atoms with Gasteiger partial charge < -0.3 is 0 Å². The van der Waals surface area contributed by atoms with Gasteiger partial charge in [-0.05, 0) is 30.2 Å². The Morgan fingerprint density at radius 1 is 1.04 bits per heavy atom. The summed E-state index contributed by atoms with van der Waals surface area (Å²) in [4.78, 5) is 21.8. The molecular formula is C19H15N3OS. The molecule has 5 heteroatoms. The van der Waals surface area contributed by atoms with E-state index in [4.69, 9.17) is 0 Å². The van der Waals surface area contributed by atoms with Gasteiger partial charge in [-0.3, -0.25) is 9.36 Å². The van der Waals surface area contributed by atoms with Gasteiger partial charge in [0.2, 0.25) is 0 Å². The van der Waals surface area contributed by atoms with Gasteiger partial charge in [0.15, 0.2) is 5.16 Å². The molecule has 0 aliphatic carbocycles. The minimum atomic E-state index is -0.0976. The van der Waals surface area contributed by atoms with Crippen molar-refractivity contribution in [1.82, 2.24) is 14.5 Å². The Balaban J connectivity index is 2.07. The highest BCUT2D eigenvalue weighted by atomic mass is 32.2. The van der Waals surface area contributed by atoms with Gasteiger partial charge in [0.25, 0.3) is 5.56 Å². The first kappa shape index (κ1) is 14.9. The van der Waals surface area contributed by atoms with Crippen molar-refractivity contribution in [2.24, 2.45) is 0 Å². The van der Waals surface area contributed by atoms with Crippen molar-refractivity contribution in [3.63, 3.8) is 0 Å². The van der Waals surface area contributed by atoms with E-state index in [1.165, 1.54) is 11.8 Å². The summed E-state index contributed by atoms with van der Waals surface area (Å²) in [5, 5.41) is 3.37. The predicted octanol–water partition coefficient (Wildman–Crippen LogP) is 3.96. The zero-order valence-corrected chi connectivity index (χ0v) is 14.2. The molecule has 0 amide bonds. The molecule has 0 aliphatic rings. The maximum absolute atomic E-state index is 13.0. The Morgan fingerprint density at radius 2 is 1.83 bits per heavy atom. The van der Waals surface area contributed by atoms with E-state index in [2.05, 4.69) is 9.97 Å². The highest BCUT2D eigenvalue weighted by molar-refractivity contribution is 7.98. The minimum absolute atomic E-state index is 0.0976. The molecule has 118 valence electrons. The first-order valence-electron chi connectivity index (χ1n) is 7.60. The minimum Gasteiger partial charge on any atom is -0.283 e. The predicted molar refractivity (Wildman–Crippen MR) is 99.2 cm³/mol. The van der Waals surface area contributed by atoms with Crippen LogP contribution in [-0.2, 0) is 0 Å². The summed E-state index contributed by atoms with van der Waals surface area (Å²) in [7, 11) is 0. The van der Waals surface area contributed by atoms with Crippen molar-refractivity contribution in [2.45, 2.75) is 12.1 Å². The van der Waals surface area contributed by atoms with Crippen LogP contribution >= 0.6 is 11.8 Å². The standard InChI is InChI=1S/C19H15N3OS/c1-12-11-22(16-9-5-7-13-6-3-4-8-14(13)16)18(23)15-10-20-19(24-2)21-17(12)15/h3-11H,1-2H3. The van der Waals surface area contributed by atoms with Crippen LogP contribution in [0.3, 0.4) is 0 Å². The summed E-state index contributed by atoms with van der Waals surface area (Å²) < 4.78 is 1.70. The van der Waals surface area contributed by atoms with E-state index in [0.29, 0.717) is 10.5 Å².